The van der Waals surface area contributed by atoms with Crippen molar-refractivity contribution < 1.29 is 9.13 Å². The van der Waals surface area contributed by atoms with Gasteiger partial charge >= 0.3 is 0 Å². The van der Waals surface area contributed by atoms with Gasteiger partial charge in [-0.1, -0.05) is 11.6 Å². The molecule has 0 aromatic heterocycles. The zero-order valence-corrected chi connectivity index (χ0v) is 6.07. The Morgan fingerprint density at radius 3 is 2.80 bits per heavy atom. The third-order valence-corrected chi connectivity index (χ3v) is 1.35. The van der Waals surface area contributed by atoms with Crippen LogP contribution in [0.2, 0.25) is 5.02 Å². The quantitative estimate of drug-likeness (QED) is 0.611. The molecule has 53 valence electrons. The Morgan fingerprint density at radius 1 is 1.60 bits per heavy atom. The van der Waals surface area contributed by atoms with E-state index in [1.807, 2.05) is 0 Å². The molecule has 0 spiro atoms. The first-order chi connectivity index (χ1) is 4.75. The molecule has 10 heavy (non-hydrogen) atoms. The lowest BCUT2D eigenvalue weighted by Gasteiger charge is -2.00. The van der Waals surface area contributed by atoms with Crippen molar-refractivity contribution in [2.45, 2.75) is 0 Å². The van der Waals surface area contributed by atoms with Gasteiger partial charge in [-0.25, -0.2) is 4.39 Å². The second-order valence-corrected chi connectivity index (χ2v) is 2.09. The number of hydrogen-bond acceptors (Lipinski definition) is 1. The van der Waals surface area contributed by atoms with Crippen LogP contribution in [0, 0.1) is 11.9 Å². The number of benzene rings is 1. The molecular weight excluding hydrogens is 155 g/mol. The Morgan fingerprint density at radius 2 is 2.30 bits per heavy atom. The van der Waals surface area contributed by atoms with Crippen molar-refractivity contribution in [2.75, 3.05) is 7.11 Å². The Balaban J connectivity index is 3.14. The van der Waals surface area contributed by atoms with Crippen LogP contribution in [-0.2, 0) is 0 Å². The summed E-state index contributed by atoms with van der Waals surface area (Å²) >= 11 is 5.41. The van der Waals surface area contributed by atoms with Gasteiger partial charge in [-0.05, 0) is 18.2 Å². The summed E-state index contributed by atoms with van der Waals surface area (Å²) in [6.45, 7) is 0. The van der Waals surface area contributed by atoms with E-state index in [2.05, 4.69) is 10.8 Å². The summed E-state index contributed by atoms with van der Waals surface area (Å²) in [6, 6.07) is 5.36. The molecule has 0 saturated heterocycles. The minimum atomic E-state index is -0.539. The highest BCUT2D eigenvalue weighted by molar-refractivity contribution is 6.30. The molecule has 0 aliphatic carbocycles. The number of hydrogen-bond donors (Lipinski definition) is 0. The molecule has 0 aliphatic heterocycles. The number of ether oxygens (including phenoxy) is 1. The highest BCUT2D eigenvalue weighted by Crippen LogP contribution is 2.22. The molecule has 0 fully saturated rings. The third-order valence-electron chi connectivity index (χ3n) is 1.07. The lowest BCUT2D eigenvalue weighted by Crippen LogP contribution is -1.87. The fourth-order valence-corrected chi connectivity index (χ4v) is 0.740. The van der Waals surface area contributed by atoms with Gasteiger partial charge in [0.25, 0.3) is 0 Å². The van der Waals surface area contributed by atoms with Crippen molar-refractivity contribution in [1.29, 1.82) is 0 Å². The number of rotatable bonds is 1. The van der Waals surface area contributed by atoms with Crippen LogP contribution in [0.1, 0.15) is 0 Å². The zero-order chi connectivity index (χ0) is 7.56. The molecule has 1 aromatic rings. The van der Waals surface area contributed by atoms with E-state index in [1.165, 1.54) is 19.2 Å². The van der Waals surface area contributed by atoms with E-state index in [-0.39, 0.29) is 10.8 Å². The second kappa shape index (κ2) is 2.88. The minimum Gasteiger partial charge on any atom is -0.494 e. The highest BCUT2D eigenvalue weighted by Gasteiger charge is 2.04. The smallest absolute Gasteiger partial charge is 0.183 e. The number of methoxy groups -OCH3 is 1. The first-order valence-electron chi connectivity index (χ1n) is 2.65. The fourth-order valence-electron chi connectivity index (χ4n) is 0.583. The predicted octanol–water partition coefficient (Wildman–Crippen LogP) is 2.29. The van der Waals surface area contributed by atoms with Crippen LogP contribution in [-0.4, -0.2) is 7.11 Å². The molecule has 0 heterocycles. The third kappa shape index (κ3) is 1.21. The van der Waals surface area contributed by atoms with Crippen molar-refractivity contribution in [3.05, 3.63) is 29.0 Å². The Kier molecular flexibility index (Phi) is 2.12. The summed E-state index contributed by atoms with van der Waals surface area (Å²) in [6.07, 6.45) is 0. The molecule has 0 atom stereocenters. The SMILES string of the molecule is COc1c[c]cc(Cl)c1F. The molecule has 0 saturated carbocycles. The fraction of sp³-hybridized carbons (Fsp3) is 0.143. The van der Waals surface area contributed by atoms with Crippen LogP contribution in [0.25, 0.3) is 0 Å². The standard InChI is InChI=1S/C7H5ClFO/c1-10-6-4-2-3-5(8)7(6)9/h3-4H,1H3. The minimum absolute atomic E-state index is 0.0272. The maximum atomic E-state index is 12.7. The van der Waals surface area contributed by atoms with Gasteiger partial charge in [-0.3, -0.25) is 0 Å². The van der Waals surface area contributed by atoms with Crippen molar-refractivity contribution in [1.82, 2.24) is 0 Å². The van der Waals surface area contributed by atoms with Crippen LogP contribution in [0.4, 0.5) is 4.39 Å². The van der Waals surface area contributed by atoms with Gasteiger partial charge in [0.05, 0.1) is 12.1 Å². The first kappa shape index (κ1) is 7.35. The van der Waals surface area contributed by atoms with Crippen LogP contribution in [0.5, 0.6) is 5.75 Å². The highest BCUT2D eigenvalue weighted by atomic mass is 35.5. The average Bonchev–Trinajstić information content (AvgIpc) is 1.95. The average molecular weight is 160 g/mol. The molecule has 1 radical (unpaired) electrons. The maximum absolute atomic E-state index is 12.7. The van der Waals surface area contributed by atoms with Gasteiger partial charge < -0.3 is 4.74 Å². The summed E-state index contributed by atoms with van der Waals surface area (Å²) in [5.74, 6) is -0.421. The van der Waals surface area contributed by atoms with Crippen LogP contribution < -0.4 is 4.74 Å². The summed E-state index contributed by atoms with van der Waals surface area (Å²) < 4.78 is 17.4. The maximum Gasteiger partial charge on any atom is 0.183 e. The lowest BCUT2D eigenvalue weighted by molar-refractivity contribution is 0.386. The van der Waals surface area contributed by atoms with E-state index in [0.717, 1.165) is 0 Å². The summed E-state index contributed by atoms with van der Waals surface area (Å²) in [7, 11) is 1.38. The molecule has 0 N–H and O–H groups in total. The molecule has 3 heteroatoms. The van der Waals surface area contributed by atoms with Gasteiger partial charge in [-0.15, -0.1) is 0 Å². The zero-order valence-electron chi connectivity index (χ0n) is 5.32. The van der Waals surface area contributed by atoms with E-state index in [4.69, 9.17) is 11.6 Å². The molecule has 1 nitrogen and oxygen atoms in total. The van der Waals surface area contributed by atoms with Crippen molar-refractivity contribution in [3.8, 4) is 5.75 Å². The van der Waals surface area contributed by atoms with Gasteiger partial charge in [0.1, 0.15) is 0 Å². The van der Waals surface area contributed by atoms with E-state index in [0.29, 0.717) is 0 Å². The van der Waals surface area contributed by atoms with Gasteiger partial charge in [0.15, 0.2) is 11.6 Å². The molecule has 0 amide bonds. The molecule has 0 aliphatic rings. The van der Waals surface area contributed by atoms with Crippen molar-refractivity contribution in [2.24, 2.45) is 0 Å². The topological polar surface area (TPSA) is 9.23 Å². The van der Waals surface area contributed by atoms with E-state index in [9.17, 15) is 4.39 Å². The van der Waals surface area contributed by atoms with Gasteiger partial charge in [0.2, 0.25) is 0 Å². The number of halogens is 2. The molecule has 0 unspecified atom stereocenters. The van der Waals surface area contributed by atoms with Crippen LogP contribution in [0.15, 0.2) is 12.1 Å². The summed E-state index contributed by atoms with van der Waals surface area (Å²) in [4.78, 5) is 0. The molecule has 1 rings (SSSR count). The summed E-state index contributed by atoms with van der Waals surface area (Å²) in [5, 5.41) is 0.0272. The van der Waals surface area contributed by atoms with E-state index in [1.54, 1.807) is 0 Å². The van der Waals surface area contributed by atoms with Crippen molar-refractivity contribution >= 4 is 11.6 Å². The molecule has 1 aromatic carbocycles. The Hall–Kier alpha value is -0.760. The monoisotopic (exact) mass is 159 g/mol. The first-order valence-corrected chi connectivity index (χ1v) is 3.02. The van der Waals surface area contributed by atoms with Crippen LogP contribution >= 0.6 is 11.6 Å². The van der Waals surface area contributed by atoms with Crippen molar-refractivity contribution in [3.63, 3.8) is 0 Å². The Labute approximate surface area is 63.4 Å². The van der Waals surface area contributed by atoms with Gasteiger partial charge in [0, 0.05) is 0 Å². The largest absolute Gasteiger partial charge is 0.494 e. The second-order valence-electron chi connectivity index (χ2n) is 1.69. The summed E-state index contributed by atoms with van der Waals surface area (Å²) in [5.41, 5.74) is 0. The Bertz CT molecular complexity index is 237. The molecular formula is C7H5ClFO. The van der Waals surface area contributed by atoms with Crippen LogP contribution in [0.3, 0.4) is 0 Å². The predicted molar refractivity (Wildman–Crippen MR) is 36.8 cm³/mol. The van der Waals surface area contributed by atoms with E-state index < -0.39 is 5.82 Å². The normalized spacial score (nSPS) is 9.50. The van der Waals surface area contributed by atoms with Gasteiger partial charge in [-0.2, -0.15) is 0 Å². The molecule has 0 bridgehead atoms. The lowest BCUT2D eigenvalue weighted by atomic mass is 10.3. The van der Waals surface area contributed by atoms with E-state index >= 15 is 0 Å².